The van der Waals surface area contributed by atoms with Gasteiger partial charge in [0.05, 0.1) is 12.8 Å². The number of fused-ring (bicyclic) bond motifs is 1. The van der Waals surface area contributed by atoms with E-state index in [4.69, 9.17) is 16.3 Å². The monoisotopic (exact) mass is 307 g/mol. The fourth-order valence-electron chi connectivity index (χ4n) is 2.07. The first-order chi connectivity index (χ1) is 9.51. The maximum atomic E-state index is 12.1. The SMILES string of the molecule is COc1ccc2c(c1)S(=O)(=O)N=C2c1ccc(Cl)cc1. The quantitative estimate of drug-likeness (QED) is 0.857. The number of halogens is 1. The van der Waals surface area contributed by atoms with Crippen LogP contribution in [0.25, 0.3) is 0 Å². The van der Waals surface area contributed by atoms with Gasteiger partial charge in [-0.3, -0.25) is 0 Å². The van der Waals surface area contributed by atoms with Crippen LogP contribution in [0.3, 0.4) is 0 Å². The van der Waals surface area contributed by atoms with Gasteiger partial charge in [0.15, 0.2) is 0 Å². The molecule has 0 unspecified atom stereocenters. The number of rotatable bonds is 2. The summed E-state index contributed by atoms with van der Waals surface area (Å²) in [4.78, 5) is 0.168. The standard InChI is InChI=1S/C14H10ClNO3S/c1-19-11-6-7-12-13(8-11)20(17,18)16-14(12)9-2-4-10(15)5-3-9/h2-8H,1H3. The van der Waals surface area contributed by atoms with Gasteiger partial charge in [0, 0.05) is 22.2 Å². The molecular formula is C14H10ClNO3S. The second-order valence-corrected chi connectivity index (χ2v) is 6.29. The summed E-state index contributed by atoms with van der Waals surface area (Å²) in [7, 11) is -2.18. The molecule has 0 saturated heterocycles. The van der Waals surface area contributed by atoms with Crippen LogP contribution in [-0.4, -0.2) is 21.2 Å². The molecule has 4 nitrogen and oxygen atoms in total. The molecule has 0 aliphatic carbocycles. The van der Waals surface area contributed by atoms with E-state index in [0.29, 0.717) is 27.6 Å². The zero-order valence-corrected chi connectivity index (χ0v) is 12.1. The number of ether oxygens (including phenoxy) is 1. The van der Waals surface area contributed by atoms with Crippen molar-refractivity contribution in [3.8, 4) is 5.75 Å². The van der Waals surface area contributed by atoms with Crippen LogP contribution < -0.4 is 4.74 Å². The minimum Gasteiger partial charge on any atom is -0.497 e. The van der Waals surface area contributed by atoms with Crippen LogP contribution in [0.1, 0.15) is 11.1 Å². The fourth-order valence-corrected chi connectivity index (χ4v) is 3.45. The van der Waals surface area contributed by atoms with Crippen LogP contribution >= 0.6 is 11.6 Å². The Balaban J connectivity index is 2.19. The van der Waals surface area contributed by atoms with E-state index in [0.717, 1.165) is 0 Å². The Hall–Kier alpha value is -1.85. The van der Waals surface area contributed by atoms with Gasteiger partial charge < -0.3 is 4.74 Å². The van der Waals surface area contributed by atoms with Gasteiger partial charge in [-0.15, -0.1) is 0 Å². The maximum absolute atomic E-state index is 12.1. The van der Waals surface area contributed by atoms with Gasteiger partial charge in [-0.1, -0.05) is 23.7 Å². The van der Waals surface area contributed by atoms with E-state index in [9.17, 15) is 8.42 Å². The Morgan fingerprint density at radius 1 is 1.10 bits per heavy atom. The molecule has 0 amide bonds. The number of hydrogen-bond donors (Lipinski definition) is 0. The largest absolute Gasteiger partial charge is 0.497 e. The molecule has 0 bridgehead atoms. The summed E-state index contributed by atoms with van der Waals surface area (Å²) in [5, 5.41) is 0.588. The van der Waals surface area contributed by atoms with E-state index in [1.165, 1.54) is 13.2 Å². The van der Waals surface area contributed by atoms with E-state index in [-0.39, 0.29) is 4.90 Å². The van der Waals surface area contributed by atoms with E-state index >= 15 is 0 Å². The maximum Gasteiger partial charge on any atom is 0.283 e. The lowest BCUT2D eigenvalue weighted by Crippen LogP contribution is -2.00. The molecular weight excluding hydrogens is 298 g/mol. The van der Waals surface area contributed by atoms with Crippen molar-refractivity contribution in [2.24, 2.45) is 4.40 Å². The summed E-state index contributed by atoms with van der Waals surface area (Å²) in [6.45, 7) is 0. The summed E-state index contributed by atoms with van der Waals surface area (Å²) >= 11 is 5.84. The van der Waals surface area contributed by atoms with Crippen molar-refractivity contribution in [3.05, 3.63) is 58.6 Å². The summed E-state index contributed by atoms with van der Waals surface area (Å²) in [5.41, 5.74) is 1.72. The molecule has 0 aromatic heterocycles. The third-order valence-corrected chi connectivity index (χ3v) is 4.62. The first kappa shape index (κ1) is 13.1. The van der Waals surface area contributed by atoms with Gasteiger partial charge in [-0.2, -0.15) is 12.8 Å². The summed E-state index contributed by atoms with van der Waals surface area (Å²) in [6, 6.07) is 11.8. The highest BCUT2D eigenvalue weighted by atomic mass is 35.5. The highest BCUT2D eigenvalue weighted by Crippen LogP contribution is 2.32. The second-order valence-electron chi connectivity index (χ2n) is 4.28. The Bertz CT molecular complexity index is 811. The lowest BCUT2D eigenvalue weighted by atomic mass is 10.0. The molecule has 0 saturated carbocycles. The van der Waals surface area contributed by atoms with Crippen LogP contribution in [-0.2, 0) is 10.0 Å². The molecule has 1 heterocycles. The van der Waals surface area contributed by atoms with Gasteiger partial charge in [-0.05, 0) is 24.3 Å². The Morgan fingerprint density at radius 2 is 1.80 bits per heavy atom. The number of benzene rings is 2. The van der Waals surface area contributed by atoms with Gasteiger partial charge in [0.1, 0.15) is 10.6 Å². The highest BCUT2D eigenvalue weighted by molar-refractivity contribution is 7.90. The zero-order valence-electron chi connectivity index (χ0n) is 10.5. The lowest BCUT2D eigenvalue weighted by molar-refractivity contribution is 0.413. The van der Waals surface area contributed by atoms with Crippen molar-refractivity contribution in [2.75, 3.05) is 7.11 Å². The molecule has 0 fully saturated rings. The average Bonchev–Trinajstić information content (AvgIpc) is 2.71. The Morgan fingerprint density at radius 3 is 2.45 bits per heavy atom. The normalized spacial score (nSPS) is 15.6. The Labute approximate surface area is 121 Å². The minimum absolute atomic E-state index is 0.168. The van der Waals surface area contributed by atoms with Crippen molar-refractivity contribution >= 4 is 27.3 Å². The van der Waals surface area contributed by atoms with E-state index < -0.39 is 10.0 Å². The molecule has 102 valence electrons. The molecule has 3 rings (SSSR count). The number of sulfonamides is 1. The molecule has 0 radical (unpaired) electrons. The first-order valence-corrected chi connectivity index (χ1v) is 7.62. The highest BCUT2D eigenvalue weighted by Gasteiger charge is 2.30. The van der Waals surface area contributed by atoms with E-state index in [1.807, 2.05) is 0 Å². The first-order valence-electron chi connectivity index (χ1n) is 5.80. The molecule has 1 aliphatic rings. The van der Waals surface area contributed by atoms with Gasteiger partial charge >= 0.3 is 0 Å². The van der Waals surface area contributed by atoms with Gasteiger partial charge in [0.2, 0.25) is 0 Å². The van der Waals surface area contributed by atoms with Gasteiger partial charge in [-0.25, -0.2) is 0 Å². The van der Waals surface area contributed by atoms with Crippen molar-refractivity contribution in [1.29, 1.82) is 0 Å². The van der Waals surface area contributed by atoms with Crippen LogP contribution in [0.15, 0.2) is 51.8 Å². The van der Waals surface area contributed by atoms with Crippen LogP contribution in [0, 0.1) is 0 Å². The third kappa shape index (κ3) is 2.09. The van der Waals surface area contributed by atoms with Crippen LogP contribution in [0.5, 0.6) is 5.75 Å². The molecule has 2 aromatic carbocycles. The molecule has 0 atom stereocenters. The summed E-state index contributed by atoms with van der Waals surface area (Å²) in [6.07, 6.45) is 0. The molecule has 6 heteroatoms. The molecule has 1 aliphatic heterocycles. The van der Waals surface area contributed by atoms with Crippen LogP contribution in [0.2, 0.25) is 5.02 Å². The van der Waals surface area contributed by atoms with E-state index in [2.05, 4.69) is 4.40 Å². The summed E-state index contributed by atoms with van der Waals surface area (Å²) in [5.74, 6) is 0.486. The topological polar surface area (TPSA) is 55.7 Å². The van der Waals surface area contributed by atoms with E-state index in [1.54, 1.807) is 36.4 Å². The third-order valence-electron chi connectivity index (χ3n) is 3.05. The van der Waals surface area contributed by atoms with Crippen molar-refractivity contribution < 1.29 is 13.2 Å². The summed E-state index contributed by atoms with van der Waals surface area (Å²) < 4.78 is 33.1. The molecule has 2 aromatic rings. The van der Waals surface area contributed by atoms with Crippen molar-refractivity contribution in [1.82, 2.24) is 0 Å². The predicted molar refractivity (Wildman–Crippen MR) is 77.3 cm³/mol. The lowest BCUT2D eigenvalue weighted by Gasteiger charge is -2.04. The predicted octanol–water partition coefficient (Wildman–Crippen LogP) is 2.89. The zero-order chi connectivity index (χ0) is 14.3. The number of methoxy groups -OCH3 is 1. The van der Waals surface area contributed by atoms with Crippen molar-refractivity contribution in [2.45, 2.75) is 4.90 Å². The fraction of sp³-hybridized carbons (Fsp3) is 0.0714. The number of nitrogens with zero attached hydrogens (tertiary/aromatic N) is 1. The number of hydrogen-bond acceptors (Lipinski definition) is 3. The molecule has 0 spiro atoms. The van der Waals surface area contributed by atoms with Crippen LogP contribution in [0.4, 0.5) is 0 Å². The molecule has 0 N–H and O–H groups in total. The molecule has 20 heavy (non-hydrogen) atoms. The smallest absolute Gasteiger partial charge is 0.283 e. The average molecular weight is 308 g/mol. The second kappa shape index (κ2) is 4.61. The minimum atomic E-state index is -3.67. The van der Waals surface area contributed by atoms with Gasteiger partial charge in [0.25, 0.3) is 10.0 Å². The Kier molecular flexibility index (Phi) is 3.03. The van der Waals surface area contributed by atoms with Crippen molar-refractivity contribution in [3.63, 3.8) is 0 Å².